The molecule has 2 aliphatic carbocycles. The van der Waals surface area contributed by atoms with Gasteiger partial charge in [-0.15, -0.1) is 0 Å². The van der Waals surface area contributed by atoms with E-state index in [2.05, 4.69) is 26.8 Å². The number of hydrogen-bond donors (Lipinski definition) is 0. The highest BCUT2D eigenvalue weighted by Gasteiger charge is 2.55. The number of hydrogen-bond acceptors (Lipinski definition) is 4. The smallest absolute Gasteiger partial charge is 0.334 e. The molecule has 0 bridgehead atoms. The summed E-state index contributed by atoms with van der Waals surface area (Å²) in [6.07, 6.45) is 8.71. The first-order valence-corrected chi connectivity index (χ1v) is 9.09. The van der Waals surface area contributed by atoms with E-state index in [4.69, 9.17) is 9.47 Å². The molecule has 0 radical (unpaired) electrons. The van der Waals surface area contributed by atoms with E-state index < -0.39 is 0 Å². The number of carbonyl (C=O) groups excluding carboxylic acids is 2. The molecule has 4 rings (SSSR count). The van der Waals surface area contributed by atoms with Gasteiger partial charge in [-0.1, -0.05) is 33.3 Å². The summed E-state index contributed by atoms with van der Waals surface area (Å²) in [7, 11) is 0. The Hall–Kier alpha value is -1.58. The summed E-state index contributed by atoms with van der Waals surface area (Å²) in [5, 5.41) is 0. The zero-order valence-electron chi connectivity index (χ0n) is 14.8. The molecule has 24 heavy (non-hydrogen) atoms. The van der Waals surface area contributed by atoms with Crippen molar-refractivity contribution < 1.29 is 19.1 Å². The Balaban J connectivity index is 1.69. The standard InChI is InChI=1S/C20H26O4/c1-19(2)7-4-8-20(3)14-10-15(12-9-17(21)23-11-12)24-18(22)13(14)5-6-16(19)20/h5,9,14-16H,4,6-8,10-11H2,1-3H3. The molecule has 2 fully saturated rings. The van der Waals surface area contributed by atoms with E-state index >= 15 is 0 Å². The van der Waals surface area contributed by atoms with E-state index in [1.165, 1.54) is 18.9 Å². The van der Waals surface area contributed by atoms with Gasteiger partial charge in [0.25, 0.3) is 0 Å². The van der Waals surface area contributed by atoms with Crippen molar-refractivity contribution in [3.05, 3.63) is 23.3 Å². The van der Waals surface area contributed by atoms with Crippen LogP contribution in [0.15, 0.2) is 23.3 Å². The third-order valence-corrected chi connectivity index (χ3v) is 7.05. The van der Waals surface area contributed by atoms with Crippen molar-refractivity contribution in [2.75, 3.05) is 6.61 Å². The topological polar surface area (TPSA) is 52.6 Å². The van der Waals surface area contributed by atoms with Gasteiger partial charge < -0.3 is 9.47 Å². The number of allylic oxidation sites excluding steroid dienone is 1. The van der Waals surface area contributed by atoms with Crippen molar-refractivity contribution in [2.45, 2.75) is 59.0 Å². The Morgan fingerprint density at radius 3 is 2.67 bits per heavy atom. The maximum atomic E-state index is 12.6. The van der Waals surface area contributed by atoms with E-state index in [0.29, 0.717) is 11.3 Å². The van der Waals surface area contributed by atoms with Crippen LogP contribution in [0.2, 0.25) is 0 Å². The first kappa shape index (κ1) is 15.9. The lowest BCUT2D eigenvalue weighted by atomic mass is 9.47. The summed E-state index contributed by atoms with van der Waals surface area (Å²) >= 11 is 0. The molecule has 0 aromatic heterocycles. The summed E-state index contributed by atoms with van der Waals surface area (Å²) in [5.74, 6) is 0.293. The van der Waals surface area contributed by atoms with Crippen molar-refractivity contribution in [1.82, 2.24) is 0 Å². The molecule has 0 spiro atoms. The molecule has 4 nitrogen and oxygen atoms in total. The van der Waals surface area contributed by atoms with Crippen LogP contribution in [0, 0.1) is 22.7 Å². The second kappa shape index (κ2) is 5.21. The zero-order valence-corrected chi connectivity index (χ0v) is 14.8. The van der Waals surface area contributed by atoms with E-state index in [1.807, 2.05) is 0 Å². The highest BCUT2D eigenvalue weighted by molar-refractivity contribution is 5.91. The van der Waals surface area contributed by atoms with Gasteiger partial charge in [-0.25, -0.2) is 9.59 Å². The molecule has 0 aromatic rings. The van der Waals surface area contributed by atoms with Crippen LogP contribution < -0.4 is 0 Å². The average molecular weight is 330 g/mol. The van der Waals surface area contributed by atoms with Crippen molar-refractivity contribution in [3.8, 4) is 0 Å². The van der Waals surface area contributed by atoms with Crippen LogP contribution in [0.4, 0.5) is 0 Å². The summed E-state index contributed by atoms with van der Waals surface area (Å²) in [6.45, 7) is 7.38. The summed E-state index contributed by atoms with van der Waals surface area (Å²) in [5.41, 5.74) is 2.12. The van der Waals surface area contributed by atoms with Crippen molar-refractivity contribution >= 4 is 11.9 Å². The fourth-order valence-electron chi connectivity index (χ4n) is 5.80. The SMILES string of the molecule is CC1(C)CCCC2(C)C3CC(C4=CC(=O)OC4)OC(=O)C3=CCC12. The third kappa shape index (κ3) is 2.26. The average Bonchev–Trinajstić information content (AvgIpc) is 2.93. The molecule has 1 saturated carbocycles. The van der Waals surface area contributed by atoms with Gasteiger partial charge in [0.15, 0.2) is 0 Å². The van der Waals surface area contributed by atoms with Gasteiger partial charge in [-0.3, -0.25) is 0 Å². The van der Waals surface area contributed by atoms with E-state index in [0.717, 1.165) is 30.4 Å². The number of rotatable bonds is 1. The minimum atomic E-state index is -0.325. The molecule has 1 saturated heterocycles. The van der Waals surface area contributed by atoms with Crippen molar-refractivity contribution in [2.24, 2.45) is 22.7 Å². The molecule has 4 aliphatic rings. The summed E-state index contributed by atoms with van der Waals surface area (Å²) < 4.78 is 10.7. The Labute approximate surface area is 143 Å². The van der Waals surface area contributed by atoms with E-state index in [9.17, 15) is 9.59 Å². The van der Waals surface area contributed by atoms with Gasteiger partial charge in [0, 0.05) is 23.1 Å². The quantitative estimate of drug-likeness (QED) is 0.690. The van der Waals surface area contributed by atoms with E-state index in [-0.39, 0.29) is 36.0 Å². The van der Waals surface area contributed by atoms with Crippen LogP contribution in [0.5, 0.6) is 0 Å². The van der Waals surface area contributed by atoms with Crippen LogP contribution in [0.25, 0.3) is 0 Å². The Morgan fingerprint density at radius 2 is 1.96 bits per heavy atom. The van der Waals surface area contributed by atoms with Crippen LogP contribution in [0.3, 0.4) is 0 Å². The van der Waals surface area contributed by atoms with Crippen LogP contribution >= 0.6 is 0 Å². The van der Waals surface area contributed by atoms with Crippen LogP contribution in [0.1, 0.15) is 52.9 Å². The minimum Gasteiger partial charge on any atom is -0.458 e. The predicted octanol–water partition coefficient (Wildman–Crippen LogP) is 3.56. The molecule has 2 heterocycles. The van der Waals surface area contributed by atoms with E-state index in [1.54, 1.807) is 0 Å². The molecular weight excluding hydrogens is 304 g/mol. The number of cyclic esters (lactones) is 2. The maximum absolute atomic E-state index is 12.6. The highest BCUT2D eigenvalue weighted by Crippen LogP contribution is 2.61. The first-order chi connectivity index (χ1) is 11.3. The Bertz CT molecular complexity index is 657. The normalized spacial score (nSPS) is 40.7. The molecule has 0 amide bonds. The third-order valence-electron chi connectivity index (χ3n) is 7.05. The molecule has 0 aromatic carbocycles. The highest BCUT2D eigenvalue weighted by atomic mass is 16.6. The first-order valence-electron chi connectivity index (χ1n) is 9.09. The number of esters is 2. The van der Waals surface area contributed by atoms with Gasteiger partial charge in [0.1, 0.15) is 12.7 Å². The Kier molecular flexibility index (Phi) is 3.45. The number of fused-ring (bicyclic) bond motifs is 3. The summed E-state index contributed by atoms with van der Waals surface area (Å²) in [6, 6.07) is 0. The predicted molar refractivity (Wildman–Crippen MR) is 89.0 cm³/mol. The fraction of sp³-hybridized carbons (Fsp3) is 0.700. The largest absolute Gasteiger partial charge is 0.458 e. The van der Waals surface area contributed by atoms with Crippen LogP contribution in [-0.4, -0.2) is 24.6 Å². The molecule has 4 heteroatoms. The molecular formula is C20H26O4. The second-order valence-corrected chi connectivity index (χ2v) is 8.80. The molecule has 130 valence electrons. The fourth-order valence-corrected chi connectivity index (χ4v) is 5.80. The number of ether oxygens (including phenoxy) is 2. The molecule has 0 N–H and O–H groups in total. The number of carbonyl (C=O) groups is 2. The van der Waals surface area contributed by atoms with Crippen LogP contribution in [-0.2, 0) is 19.1 Å². The van der Waals surface area contributed by atoms with Gasteiger partial charge in [-0.05, 0) is 42.4 Å². The van der Waals surface area contributed by atoms with Crippen molar-refractivity contribution in [3.63, 3.8) is 0 Å². The Morgan fingerprint density at radius 1 is 1.17 bits per heavy atom. The lowest BCUT2D eigenvalue weighted by Gasteiger charge is -2.58. The molecule has 4 unspecified atom stereocenters. The van der Waals surface area contributed by atoms with Gasteiger partial charge in [0.2, 0.25) is 0 Å². The second-order valence-electron chi connectivity index (χ2n) is 8.80. The lowest BCUT2D eigenvalue weighted by Crippen LogP contribution is -2.52. The lowest BCUT2D eigenvalue weighted by molar-refractivity contribution is -0.154. The minimum absolute atomic E-state index is 0.132. The molecule has 4 atom stereocenters. The zero-order chi connectivity index (χ0) is 17.1. The monoisotopic (exact) mass is 330 g/mol. The van der Waals surface area contributed by atoms with Gasteiger partial charge in [-0.2, -0.15) is 0 Å². The van der Waals surface area contributed by atoms with Gasteiger partial charge in [0.05, 0.1) is 0 Å². The van der Waals surface area contributed by atoms with Gasteiger partial charge >= 0.3 is 11.9 Å². The maximum Gasteiger partial charge on any atom is 0.334 e. The molecule has 2 aliphatic heterocycles. The van der Waals surface area contributed by atoms with Crippen molar-refractivity contribution in [1.29, 1.82) is 0 Å². The summed E-state index contributed by atoms with van der Waals surface area (Å²) in [4.78, 5) is 24.0.